The first kappa shape index (κ1) is 17.1. The van der Waals surface area contributed by atoms with Gasteiger partial charge in [-0.05, 0) is 55.7 Å². The summed E-state index contributed by atoms with van der Waals surface area (Å²) in [6, 6.07) is 5.92. The summed E-state index contributed by atoms with van der Waals surface area (Å²) in [6.07, 6.45) is 5.46. The number of methoxy groups -OCH3 is 2. The second-order valence-corrected chi connectivity index (χ2v) is 7.09. The molecule has 2 fully saturated rings. The van der Waals surface area contributed by atoms with E-state index in [-0.39, 0.29) is 11.8 Å². The van der Waals surface area contributed by atoms with Gasteiger partial charge < -0.3 is 20.5 Å². The average molecular weight is 332 g/mol. The standard InChI is InChI=1S/C19H28N2O3/c1-23-16-6-7-17(24-2)15(10-16)11-21-19(22)14-8-12-4-3-5-13(9-14)18(12)20/h6-7,10,12-14,18H,3-5,8-9,11,20H2,1-2H3,(H,21,22). The fourth-order valence-electron chi connectivity index (χ4n) is 4.35. The number of carbonyl (C=O) groups is 1. The molecular formula is C19H28N2O3. The highest BCUT2D eigenvalue weighted by Crippen LogP contribution is 2.41. The van der Waals surface area contributed by atoms with Gasteiger partial charge in [0.1, 0.15) is 11.5 Å². The van der Waals surface area contributed by atoms with Gasteiger partial charge in [0, 0.05) is 24.1 Å². The molecule has 0 aromatic heterocycles. The van der Waals surface area contributed by atoms with Gasteiger partial charge in [-0.15, -0.1) is 0 Å². The molecule has 24 heavy (non-hydrogen) atoms. The van der Waals surface area contributed by atoms with Crippen LogP contribution >= 0.6 is 0 Å². The molecule has 2 aliphatic carbocycles. The third kappa shape index (κ3) is 3.51. The van der Waals surface area contributed by atoms with E-state index in [0.29, 0.717) is 24.4 Å². The van der Waals surface area contributed by atoms with Gasteiger partial charge in [-0.1, -0.05) is 6.42 Å². The summed E-state index contributed by atoms with van der Waals surface area (Å²) in [5.41, 5.74) is 7.25. The maximum atomic E-state index is 12.6. The first-order valence-corrected chi connectivity index (χ1v) is 8.86. The SMILES string of the molecule is COc1ccc(OC)c(CNC(=O)C2CC3CCCC(C2)C3N)c1. The van der Waals surface area contributed by atoms with Crippen LogP contribution in [0.2, 0.25) is 0 Å². The Morgan fingerprint density at radius 3 is 2.54 bits per heavy atom. The number of nitrogens with two attached hydrogens (primary N) is 1. The largest absolute Gasteiger partial charge is 0.497 e. The monoisotopic (exact) mass is 332 g/mol. The molecule has 0 heterocycles. The van der Waals surface area contributed by atoms with Crippen molar-refractivity contribution in [3.63, 3.8) is 0 Å². The second-order valence-electron chi connectivity index (χ2n) is 7.09. The number of nitrogens with one attached hydrogen (secondary N) is 1. The van der Waals surface area contributed by atoms with Crippen LogP contribution in [0.3, 0.4) is 0 Å². The summed E-state index contributed by atoms with van der Waals surface area (Å²) < 4.78 is 10.6. The number of ether oxygens (including phenoxy) is 2. The maximum Gasteiger partial charge on any atom is 0.223 e. The van der Waals surface area contributed by atoms with E-state index in [4.69, 9.17) is 15.2 Å². The maximum absolute atomic E-state index is 12.6. The quantitative estimate of drug-likeness (QED) is 0.869. The Kier molecular flexibility index (Phi) is 5.29. The molecule has 3 N–H and O–H groups in total. The first-order chi connectivity index (χ1) is 11.6. The fourth-order valence-corrected chi connectivity index (χ4v) is 4.35. The molecular weight excluding hydrogens is 304 g/mol. The van der Waals surface area contributed by atoms with Crippen molar-refractivity contribution in [2.45, 2.75) is 44.7 Å². The van der Waals surface area contributed by atoms with Crippen LogP contribution < -0.4 is 20.5 Å². The Morgan fingerprint density at radius 2 is 1.92 bits per heavy atom. The summed E-state index contributed by atoms with van der Waals surface area (Å²) in [6.45, 7) is 0.455. The zero-order valence-corrected chi connectivity index (χ0v) is 14.6. The number of amides is 1. The third-order valence-electron chi connectivity index (χ3n) is 5.72. The number of hydrogen-bond donors (Lipinski definition) is 2. The van der Waals surface area contributed by atoms with E-state index in [1.807, 2.05) is 18.2 Å². The van der Waals surface area contributed by atoms with Crippen LogP contribution in [0.4, 0.5) is 0 Å². The highest BCUT2D eigenvalue weighted by molar-refractivity contribution is 5.79. The number of carbonyl (C=O) groups excluding carboxylic acids is 1. The second kappa shape index (κ2) is 7.43. The fraction of sp³-hybridized carbons (Fsp3) is 0.632. The highest BCUT2D eigenvalue weighted by Gasteiger charge is 2.40. The molecule has 2 aliphatic rings. The van der Waals surface area contributed by atoms with Gasteiger partial charge in [-0.2, -0.15) is 0 Å². The summed E-state index contributed by atoms with van der Waals surface area (Å²) in [4.78, 5) is 12.6. The molecule has 5 nitrogen and oxygen atoms in total. The average Bonchev–Trinajstić information content (AvgIpc) is 2.59. The van der Waals surface area contributed by atoms with Crippen LogP contribution in [0, 0.1) is 17.8 Å². The molecule has 5 heteroatoms. The normalized spacial score (nSPS) is 29.0. The summed E-state index contributed by atoms with van der Waals surface area (Å²) >= 11 is 0. The van der Waals surface area contributed by atoms with Crippen molar-refractivity contribution in [2.24, 2.45) is 23.5 Å². The summed E-state index contributed by atoms with van der Waals surface area (Å²) in [5.74, 6) is 2.79. The van der Waals surface area contributed by atoms with Gasteiger partial charge >= 0.3 is 0 Å². The van der Waals surface area contributed by atoms with E-state index in [9.17, 15) is 4.79 Å². The molecule has 1 aromatic carbocycles. The van der Waals surface area contributed by atoms with Gasteiger partial charge in [0.2, 0.25) is 5.91 Å². The van der Waals surface area contributed by atoms with E-state index in [1.54, 1.807) is 14.2 Å². The minimum absolute atomic E-state index is 0.0942. The lowest BCUT2D eigenvalue weighted by Gasteiger charge is -2.43. The molecule has 0 saturated heterocycles. The molecule has 0 aliphatic heterocycles. The minimum atomic E-state index is 0.0942. The van der Waals surface area contributed by atoms with Crippen molar-refractivity contribution in [1.29, 1.82) is 0 Å². The van der Waals surface area contributed by atoms with E-state index < -0.39 is 0 Å². The van der Waals surface area contributed by atoms with Crippen molar-refractivity contribution in [3.8, 4) is 11.5 Å². The summed E-state index contributed by atoms with van der Waals surface area (Å²) in [5, 5.41) is 3.08. The first-order valence-electron chi connectivity index (χ1n) is 8.86. The van der Waals surface area contributed by atoms with E-state index in [2.05, 4.69) is 5.32 Å². The molecule has 2 atom stereocenters. The van der Waals surface area contributed by atoms with Gasteiger partial charge in [0.15, 0.2) is 0 Å². The minimum Gasteiger partial charge on any atom is -0.497 e. The lowest BCUT2D eigenvalue weighted by atomic mass is 9.65. The Morgan fingerprint density at radius 1 is 1.21 bits per heavy atom. The smallest absolute Gasteiger partial charge is 0.223 e. The Bertz CT molecular complexity index is 576. The Balaban J connectivity index is 1.62. The number of rotatable bonds is 5. The Hall–Kier alpha value is -1.75. The van der Waals surface area contributed by atoms with Gasteiger partial charge in [0.25, 0.3) is 0 Å². The predicted octanol–water partition coefficient (Wildman–Crippen LogP) is 2.47. The highest BCUT2D eigenvalue weighted by atomic mass is 16.5. The van der Waals surface area contributed by atoms with Crippen LogP contribution in [-0.4, -0.2) is 26.2 Å². The third-order valence-corrected chi connectivity index (χ3v) is 5.72. The molecule has 2 saturated carbocycles. The molecule has 3 rings (SSSR count). The molecule has 1 amide bonds. The van der Waals surface area contributed by atoms with Gasteiger partial charge in [0.05, 0.1) is 14.2 Å². The van der Waals surface area contributed by atoms with E-state index in [0.717, 1.165) is 29.9 Å². The van der Waals surface area contributed by atoms with Crippen molar-refractivity contribution in [2.75, 3.05) is 14.2 Å². The topological polar surface area (TPSA) is 73.6 Å². The van der Waals surface area contributed by atoms with Crippen molar-refractivity contribution in [3.05, 3.63) is 23.8 Å². The molecule has 132 valence electrons. The molecule has 2 unspecified atom stereocenters. The lowest BCUT2D eigenvalue weighted by molar-refractivity contribution is -0.128. The number of benzene rings is 1. The van der Waals surface area contributed by atoms with Crippen molar-refractivity contribution < 1.29 is 14.3 Å². The van der Waals surface area contributed by atoms with Crippen LogP contribution in [0.1, 0.15) is 37.7 Å². The Labute approximate surface area is 143 Å². The van der Waals surface area contributed by atoms with E-state index in [1.165, 1.54) is 19.3 Å². The van der Waals surface area contributed by atoms with Crippen LogP contribution in [0.25, 0.3) is 0 Å². The molecule has 0 spiro atoms. The van der Waals surface area contributed by atoms with Crippen LogP contribution in [0.5, 0.6) is 11.5 Å². The molecule has 2 bridgehead atoms. The molecule has 1 aromatic rings. The number of hydrogen-bond acceptors (Lipinski definition) is 4. The number of fused-ring (bicyclic) bond motifs is 2. The van der Waals surface area contributed by atoms with Crippen LogP contribution in [0.15, 0.2) is 18.2 Å². The zero-order chi connectivity index (χ0) is 17.1. The van der Waals surface area contributed by atoms with Crippen molar-refractivity contribution in [1.82, 2.24) is 5.32 Å². The van der Waals surface area contributed by atoms with Gasteiger partial charge in [-0.25, -0.2) is 0 Å². The van der Waals surface area contributed by atoms with Crippen LogP contribution in [-0.2, 0) is 11.3 Å². The van der Waals surface area contributed by atoms with Crippen molar-refractivity contribution >= 4 is 5.91 Å². The summed E-state index contributed by atoms with van der Waals surface area (Å²) in [7, 11) is 3.27. The van der Waals surface area contributed by atoms with E-state index >= 15 is 0 Å². The predicted molar refractivity (Wildman–Crippen MR) is 92.9 cm³/mol. The molecule has 0 radical (unpaired) electrons. The lowest BCUT2D eigenvalue weighted by Crippen LogP contribution is -2.49. The van der Waals surface area contributed by atoms with Gasteiger partial charge in [-0.3, -0.25) is 4.79 Å². The zero-order valence-electron chi connectivity index (χ0n) is 14.6.